The minimum Gasteiger partial charge on any atom is -0.243 e. The second-order valence-electron chi connectivity index (χ2n) is 4.79. The Bertz CT molecular complexity index is 480. The molecule has 3 heteroatoms. The zero-order chi connectivity index (χ0) is 11.1. The van der Waals surface area contributed by atoms with Gasteiger partial charge in [-0.15, -0.1) is 0 Å². The van der Waals surface area contributed by atoms with Gasteiger partial charge in [0.05, 0.1) is 0 Å². The van der Waals surface area contributed by atoms with E-state index in [4.69, 9.17) is 0 Å². The number of pyridine rings is 1. The largest absolute Gasteiger partial charge is 0.243 e. The molecule has 0 bridgehead atoms. The summed E-state index contributed by atoms with van der Waals surface area (Å²) in [6.45, 7) is 8.70. The third-order valence-corrected chi connectivity index (χ3v) is 3.76. The van der Waals surface area contributed by atoms with Gasteiger partial charge < -0.3 is 0 Å². The summed E-state index contributed by atoms with van der Waals surface area (Å²) in [5, 5.41) is 1.17. The molecular formula is C12H16N2S. The van der Waals surface area contributed by atoms with Crippen molar-refractivity contribution in [2.75, 3.05) is 0 Å². The lowest BCUT2D eigenvalue weighted by Crippen LogP contribution is -2.09. The first kappa shape index (κ1) is 10.6. The van der Waals surface area contributed by atoms with Gasteiger partial charge in [0.15, 0.2) is 0 Å². The van der Waals surface area contributed by atoms with Crippen LogP contribution in [0, 0.1) is 0 Å². The van der Waals surface area contributed by atoms with Gasteiger partial charge in [-0.1, -0.05) is 39.0 Å². The van der Waals surface area contributed by atoms with E-state index in [1.54, 1.807) is 11.3 Å². The summed E-state index contributed by atoms with van der Waals surface area (Å²) in [5.74, 6) is 0. The van der Waals surface area contributed by atoms with Crippen LogP contribution in [0.3, 0.4) is 0 Å². The normalized spacial score (nSPS) is 12.3. The fourth-order valence-electron chi connectivity index (χ4n) is 1.38. The Morgan fingerprint density at radius 3 is 2.67 bits per heavy atom. The Morgan fingerprint density at radius 1 is 1.33 bits per heavy atom. The number of aromatic nitrogens is 2. The predicted octanol–water partition coefficient (Wildman–Crippen LogP) is 3.55. The minimum atomic E-state index is 0.123. The summed E-state index contributed by atoms with van der Waals surface area (Å²) in [7, 11) is 0. The zero-order valence-electron chi connectivity index (χ0n) is 9.66. The van der Waals surface area contributed by atoms with Gasteiger partial charge >= 0.3 is 0 Å². The van der Waals surface area contributed by atoms with Crippen molar-refractivity contribution in [1.29, 1.82) is 0 Å². The topological polar surface area (TPSA) is 25.8 Å². The van der Waals surface area contributed by atoms with Crippen LogP contribution >= 0.6 is 11.3 Å². The van der Waals surface area contributed by atoms with Gasteiger partial charge in [0.25, 0.3) is 0 Å². The molecule has 0 saturated carbocycles. The van der Waals surface area contributed by atoms with Gasteiger partial charge in [0.2, 0.25) is 0 Å². The summed E-state index contributed by atoms with van der Waals surface area (Å²) in [6, 6.07) is 2.15. The van der Waals surface area contributed by atoms with Crippen LogP contribution in [0.4, 0.5) is 0 Å². The number of thiazole rings is 1. The number of nitrogens with zero attached hydrogens (tertiary/aromatic N) is 2. The van der Waals surface area contributed by atoms with Crippen molar-refractivity contribution < 1.29 is 0 Å². The van der Waals surface area contributed by atoms with Crippen LogP contribution in [-0.4, -0.2) is 9.97 Å². The maximum absolute atomic E-state index is 4.65. The second-order valence-corrected chi connectivity index (χ2v) is 5.77. The molecule has 0 fully saturated rings. The van der Waals surface area contributed by atoms with E-state index in [0.717, 1.165) is 16.8 Å². The van der Waals surface area contributed by atoms with Gasteiger partial charge in [-0.3, -0.25) is 0 Å². The van der Waals surface area contributed by atoms with E-state index in [-0.39, 0.29) is 5.41 Å². The molecule has 2 rings (SSSR count). The van der Waals surface area contributed by atoms with Crippen molar-refractivity contribution in [2.24, 2.45) is 0 Å². The SMILES string of the molecule is CCc1cnc2sc(C(C)(C)C)nc2c1. The molecule has 0 saturated heterocycles. The molecule has 0 aliphatic heterocycles. The molecule has 2 nitrogen and oxygen atoms in total. The van der Waals surface area contributed by atoms with Crippen molar-refractivity contribution in [3.8, 4) is 0 Å². The molecule has 0 atom stereocenters. The number of hydrogen-bond acceptors (Lipinski definition) is 3. The first-order valence-corrected chi connectivity index (χ1v) is 6.08. The lowest BCUT2D eigenvalue weighted by Gasteiger charge is -2.12. The Kier molecular flexibility index (Phi) is 2.51. The average molecular weight is 220 g/mol. The van der Waals surface area contributed by atoms with E-state index in [9.17, 15) is 0 Å². The summed E-state index contributed by atoms with van der Waals surface area (Å²) < 4.78 is 0. The molecule has 80 valence electrons. The molecule has 2 heterocycles. The summed E-state index contributed by atoms with van der Waals surface area (Å²) in [4.78, 5) is 10.1. The van der Waals surface area contributed by atoms with Crippen molar-refractivity contribution in [2.45, 2.75) is 39.5 Å². The average Bonchev–Trinajstić information content (AvgIpc) is 2.59. The highest BCUT2D eigenvalue weighted by Crippen LogP contribution is 2.30. The number of fused-ring (bicyclic) bond motifs is 1. The fourth-order valence-corrected chi connectivity index (χ4v) is 2.33. The molecule has 2 aromatic heterocycles. The van der Waals surface area contributed by atoms with E-state index >= 15 is 0 Å². The summed E-state index contributed by atoms with van der Waals surface area (Å²) in [6.07, 6.45) is 2.97. The zero-order valence-corrected chi connectivity index (χ0v) is 10.5. The van der Waals surface area contributed by atoms with Crippen LogP contribution in [0.5, 0.6) is 0 Å². The lowest BCUT2D eigenvalue weighted by atomic mass is 9.98. The van der Waals surface area contributed by atoms with E-state index in [0.29, 0.717) is 0 Å². The van der Waals surface area contributed by atoms with Gasteiger partial charge in [0.1, 0.15) is 15.4 Å². The number of hydrogen-bond donors (Lipinski definition) is 0. The number of aryl methyl sites for hydroxylation is 1. The van der Waals surface area contributed by atoms with Crippen LogP contribution in [0.1, 0.15) is 38.3 Å². The third kappa shape index (κ3) is 2.02. The van der Waals surface area contributed by atoms with Gasteiger partial charge in [-0.2, -0.15) is 0 Å². The van der Waals surface area contributed by atoms with E-state index in [1.807, 2.05) is 6.20 Å². The molecule has 2 aromatic rings. The molecule has 0 aliphatic rings. The van der Waals surface area contributed by atoms with Gasteiger partial charge in [-0.05, 0) is 18.1 Å². The summed E-state index contributed by atoms with van der Waals surface area (Å²) >= 11 is 1.70. The van der Waals surface area contributed by atoms with E-state index in [2.05, 4.69) is 43.7 Å². The maximum Gasteiger partial charge on any atom is 0.143 e. The highest BCUT2D eigenvalue weighted by molar-refractivity contribution is 7.18. The van der Waals surface area contributed by atoms with E-state index in [1.165, 1.54) is 10.6 Å². The van der Waals surface area contributed by atoms with Crippen LogP contribution in [-0.2, 0) is 11.8 Å². The smallest absolute Gasteiger partial charge is 0.143 e. The van der Waals surface area contributed by atoms with Gasteiger partial charge in [-0.25, -0.2) is 9.97 Å². The minimum absolute atomic E-state index is 0.123. The quantitative estimate of drug-likeness (QED) is 0.734. The Balaban J connectivity index is 2.56. The molecule has 0 aliphatic carbocycles. The fraction of sp³-hybridized carbons (Fsp3) is 0.500. The van der Waals surface area contributed by atoms with Crippen LogP contribution < -0.4 is 0 Å². The van der Waals surface area contributed by atoms with Crippen molar-refractivity contribution in [1.82, 2.24) is 9.97 Å². The molecule has 0 amide bonds. The first-order chi connectivity index (χ1) is 7.00. The third-order valence-electron chi connectivity index (χ3n) is 2.35. The highest BCUT2D eigenvalue weighted by atomic mass is 32.1. The van der Waals surface area contributed by atoms with Crippen LogP contribution in [0.25, 0.3) is 10.3 Å². The van der Waals surface area contributed by atoms with Crippen molar-refractivity contribution in [3.63, 3.8) is 0 Å². The first-order valence-electron chi connectivity index (χ1n) is 5.26. The lowest BCUT2D eigenvalue weighted by molar-refractivity contribution is 0.587. The van der Waals surface area contributed by atoms with Crippen molar-refractivity contribution in [3.05, 3.63) is 22.8 Å². The Hall–Kier alpha value is -0.960. The van der Waals surface area contributed by atoms with Crippen molar-refractivity contribution >= 4 is 21.7 Å². The second kappa shape index (κ2) is 3.56. The molecule has 0 aromatic carbocycles. The molecule has 15 heavy (non-hydrogen) atoms. The molecule has 0 spiro atoms. The summed E-state index contributed by atoms with van der Waals surface area (Å²) in [5.41, 5.74) is 2.43. The van der Waals surface area contributed by atoms with Crippen LogP contribution in [0.2, 0.25) is 0 Å². The predicted molar refractivity (Wildman–Crippen MR) is 65.5 cm³/mol. The Labute approximate surface area is 94.4 Å². The number of rotatable bonds is 1. The molecule has 0 radical (unpaired) electrons. The van der Waals surface area contributed by atoms with E-state index < -0.39 is 0 Å². The monoisotopic (exact) mass is 220 g/mol. The highest BCUT2D eigenvalue weighted by Gasteiger charge is 2.19. The molecule has 0 N–H and O–H groups in total. The Morgan fingerprint density at radius 2 is 2.07 bits per heavy atom. The molecular weight excluding hydrogens is 204 g/mol. The molecule has 0 unspecified atom stereocenters. The van der Waals surface area contributed by atoms with Crippen LogP contribution in [0.15, 0.2) is 12.3 Å². The van der Waals surface area contributed by atoms with Gasteiger partial charge in [0, 0.05) is 11.6 Å². The standard InChI is InChI=1S/C12H16N2S/c1-5-8-6-9-10(13-7-8)15-11(14-9)12(2,3)4/h6-7H,5H2,1-4H3. The maximum atomic E-state index is 4.65.